The van der Waals surface area contributed by atoms with Crippen molar-refractivity contribution in [2.24, 2.45) is 0 Å². The highest BCUT2D eigenvalue weighted by atomic mass is 16.7. The lowest BCUT2D eigenvalue weighted by atomic mass is 9.76. The van der Waals surface area contributed by atoms with Crippen molar-refractivity contribution in [1.82, 2.24) is 4.57 Å². The van der Waals surface area contributed by atoms with E-state index in [2.05, 4.69) is 0 Å². The Labute approximate surface area is 171 Å². The number of hydrogen-bond donors (Lipinski definition) is 0. The average molecular weight is 401 g/mol. The van der Waals surface area contributed by atoms with E-state index in [9.17, 15) is 9.59 Å². The molecule has 0 amide bonds. The van der Waals surface area contributed by atoms with Crippen LogP contribution in [0.4, 0.5) is 4.79 Å². The lowest BCUT2D eigenvalue weighted by molar-refractivity contribution is 0.00578. The molecule has 1 fully saturated rings. The third-order valence-corrected chi connectivity index (χ3v) is 5.38. The first-order valence-corrected chi connectivity index (χ1v) is 9.59. The fraction of sp³-hybridized carbons (Fsp3) is 0.524. The van der Waals surface area contributed by atoms with Crippen LogP contribution in [0, 0.1) is 0 Å². The minimum Gasteiger partial charge on any atom is -0.465 e. The lowest BCUT2D eigenvalue weighted by Crippen LogP contribution is -2.41. The molecule has 1 aliphatic heterocycles. The van der Waals surface area contributed by atoms with E-state index in [1.807, 2.05) is 27.7 Å². The molecule has 0 saturated carbocycles. The normalized spacial score (nSPS) is 18.1. The number of fused-ring (bicyclic) bond motifs is 1. The van der Waals surface area contributed by atoms with Crippen LogP contribution in [-0.2, 0) is 18.8 Å². The van der Waals surface area contributed by atoms with Crippen LogP contribution in [0.5, 0.6) is 0 Å². The summed E-state index contributed by atoms with van der Waals surface area (Å²) in [5.41, 5.74) is -0.314. The third kappa shape index (κ3) is 3.79. The van der Waals surface area contributed by atoms with Gasteiger partial charge in [0, 0.05) is 11.6 Å². The van der Waals surface area contributed by atoms with E-state index < -0.39 is 36.0 Å². The number of ether oxygens (including phenoxy) is 2. The van der Waals surface area contributed by atoms with Gasteiger partial charge in [0.1, 0.15) is 5.60 Å². The van der Waals surface area contributed by atoms with Gasteiger partial charge in [-0.2, -0.15) is 0 Å². The summed E-state index contributed by atoms with van der Waals surface area (Å²) in [7, 11) is 0.667. The molecular weight excluding hydrogens is 373 g/mol. The number of hydrogen-bond acceptors (Lipinski definition) is 6. The van der Waals surface area contributed by atoms with Crippen LogP contribution in [0.15, 0.2) is 24.4 Å². The van der Waals surface area contributed by atoms with Crippen LogP contribution in [0.2, 0.25) is 0 Å². The highest BCUT2D eigenvalue weighted by molar-refractivity contribution is 6.65. The van der Waals surface area contributed by atoms with Crippen LogP contribution in [-0.4, -0.2) is 47.7 Å². The van der Waals surface area contributed by atoms with Gasteiger partial charge in [0.15, 0.2) is 0 Å². The molecule has 2 aromatic rings. The molecule has 0 N–H and O–H groups in total. The summed E-state index contributed by atoms with van der Waals surface area (Å²) in [6.07, 6.45) is 1.00. The first kappa shape index (κ1) is 21.4. The fourth-order valence-electron chi connectivity index (χ4n) is 3.20. The predicted octanol–water partition coefficient (Wildman–Crippen LogP) is 3.51. The third-order valence-electron chi connectivity index (χ3n) is 5.38. The van der Waals surface area contributed by atoms with Crippen molar-refractivity contribution in [1.29, 1.82) is 0 Å². The molecule has 0 bridgehead atoms. The van der Waals surface area contributed by atoms with Gasteiger partial charge in [0.05, 0.1) is 29.4 Å². The Kier molecular flexibility index (Phi) is 5.08. The zero-order valence-electron chi connectivity index (χ0n) is 18.3. The minimum atomic E-state index is -0.678. The summed E-state index contributed by atoms with van der Waals surface area (Å²) < 4.78 is 24.1. The van der Waals surface area contributed by atoms with Crippen molar-refractivity contribution in [3.63, 3.8) is 0 Å². The van der Waals surface area contributed by atoms with Crippen molar-refractivity contribution in [2.75, 3.05) is 7.11 Å². The number of methoxy groups -OCH3 is 1. The van der Waals surface area contributed by atoms with E-state index in [0.29, 0.717) is 10.9 Å². The van der Waals surface area contributed by atoms with Gasteiger partial charge in [-0.05, 0) is 66.1 Å². The maximum Gasteiger partial charge on any atom is 0.495 e. The van der Waals surface area contributed by atoms with Gasteiger partial charge in [-0.3, -0.25) is 4.57 Å². The smallest absolute Gasteiger partial charge is 0.465 e. The first-order chi connectivity index (χ1) is 13.3. The van der Waals surface area contributed by atoms with Gasteiger partial charge in [-0.15, -0.1) is 0 Å². The van der Waals surface area contributed by atoms with Crippen molar-refractivity contribution < 1.29 is 28.4 Å². The maximum absolute atomic E-state index is 12.8. The van der Waals surface area contributed by atoms with E-state index in [1.165, 1.54) is 11.7 Å². The molecule has 1 saturated heterocycles. The van der Waals surface area contributed by atoms with Crippen molar-refractivity contribution in [2.45, 2.75) is 65.3 Å². The molecule has 29 heavy (non-hydrogen) atoms. The second kappa shape index (κ2) is 6.88. The SMILES string of the molecule is COC(=O)c1ccc(B2OC(C)(C)C(C)(C)O2)c2ccn(C(=O)OC(C)(C)C)c12. The van der Waals surface area contributed by atoms with Crippen LogP contribution in [0.1, 0.15) is 58.8 Å². The summed E-state index contributed by atoms with van der Waals surface area (Å²) >= 11 is 0. The van der Waals surface area contributed by atoms with Crippen molar-refractivity contribution in [3.05, 3.63) is 30.0 Å². The Hall–Kier alpha value is -2.32. The Morgan fingerprint density at radius 2 is 1.62 bits per heavy atom. The predicted molar refractivity (Wildman–Crippen MR) is 111 cm³/mol. The molecule has 0 atom stereocenters. The van der Waals surface area contributed by atoms with Gasteiger partial charge in [-0.1, -0.05) is 6.07 Å². The van der Waals surface area contributed by atoms with Crippen LogP contribution in [0.3, 0.4) is 0 Å². The number of benzene rings is 1. The number of rotatable bonds is 2. The number of esters is 1. The molecule has 3 rings (SSSR count). The monoisotopic (exact) mass is 401 g/mol. The minimum absolute atomic E-state index is 0.263. The summed E-state index contributed by atoms with van der Waals surface area (Å²) in [6.45, 7) is 13.2. The lowest BCUT2D eigenvalue weighted by Gasteiger charge is -2.32. The molecule has 0 radical (unpaired) electrons. The molecule has 1 aromatic carbocycles. The second-order valence-electron chi connectivity index (χ2n) is 9.21. The van der Waals surface area contributed by atoms with Gasteiger partial charge in [0.25, 0.3) is 0 Å². The molecule has 1 aliphatic rings. The van der Waals surface area contributed by atoms with E-state index in [1.54, 1.807) is 45.2 Å². The highest BCUT2D eigenvalue weighted by Crippen LogP contribution is 2.37. The number of nitrogens with zero attached hydrogens (tertiary/aromatic N) is 1. The Balaban J connectivity index is 2.16. The summed E-state index contributed by atoms with van der Waals surface area (Å²) in [6, 6.07) is 5.15. The van der Waals surface area contributed by atoms with Crippen LogP contribution < -0.4 is 5.46 Å². The molecule has 1 aromatic heterocycles. The number of carbonyl (C=O) groups is 2. The van der Waals surface area contributed by atoms with E-state index in [4.69, 9.17) is 18.8 Å². The fourth-order valence-corrected chi connectivity index (χ4v) is 3.20. The van der Waals surface area contributed by atoms with E-state index in [0.717, 1.165) is 5.46 Å². The number of aromatic nitrogens is 1. The molecule has 0 unspecified atom stereocenters. The topological polar surface area (TPSA) is 76.0 Å². The zero-order chi connectivity index (χ0) is 21.8. The molecule has 0 aliphatic carbocycles. The first-order valence-electron chi connectivity index (χ1n) is 9.59. The highest BCUT2D eigenvalue weighted by Gasteiger charge is 2.52. The van der Waals surface area contributed by atoms with Gasteiger partial charge >= 0.3 is 19.2 Å². The number of carbonyl (C=O) groups excluding carboxylic acids is 2. The molecule has 7 nitrogen and oxygen atoms in total. The molecular formula is C21H28BNO6. The summed E-state index contributed by atoms with van der Waals surface area (Å²) in [4.78, 5) is 25.1. The van der Waals surface area contributed by atoms with E-state index >= 15 is 0 Å². The largest absolute Gasteiger partial charge is 0.495 e. The quantitative estimate of drug-likeness (QED) is 0.566. The molecule has 156 valence electrons. The zero-order valence-corrected chi connectivity index (χ0v) is 18.3. The molecule has 0 spiro atoms. The maximum atomic E-state index is 12.8. The van der Waals surface area contributed by atoms with Crippen LogP contribution >= 0.6 is 0 Å². The van der Waals surface area contributed by atoms with Crippen molar-refractivity contribution >= 4 is 35.5 Å². The summed E-state index contributed by atoms with van der Waals surface area (Å²) in [5, 5.41) is 0.664. The van der Waals surface area contributed by atoms with Gasteiger partial charge in [0.2, 0.25) is 0 Å². The molecule has 8 heteroatoms. The Morgan fingerprint density at radius 1 is 1.03 bits per heavy atom. The van der Waals surface area contributed by atoms with E-state index in [-0.39, 0.29) is 5.56 Å². The molecule has 2 heterocycles. The second-order valence-corrected chi connectivity index (χ2v) is 9.21. The average Bonchev–Trinajstić information content (AvgIpc) is 3.10. The Bertz CT molecular complexity index is 953. The Morgan fingerprint density at radius 3 is 2.14 bits per heavy atom. The summed E-state index contributed by atoms with van der Waals surface area (Å²) in [5.74, 6) is -0.543. The van der Waals surface area contributed by atoms with Crippen LogP contribution in [0.25, 0.3) is 10.9 Å². The van der Waals surface area contributed by atoms with Gasteiger partial charge in [-0.25, -0.2) is 9.59 Å². The van der Waals surface area contributed by atoms with Crippen molar-refractivity contribution in [3.8, 4) is 0 Å². The standard InChI is InChI=1S/C21H28BNO6/c1-19(2,3)27-18(25)23-12-11-13-15(10-9-14(16(13)23)17(24)26-8)22-28-20(4,5)21(6,7)29-22/h9-12H,1-8H3. The van der Waals surface area contributed by atoms with Gasteiger partial charge < -0.3 is 18.8 Å².